The predicted molar refractivity (Wildman–Crippen MR) is 70.2 cm³/mol. The Hall–Kier alpha value is -1.22. The fourth-order valence-electron chi connectivity index (χ4n) is 1.90. The maximum atomic E-state index is 11.4. The van der Waals surface area contributed by atoms with Crippen LogP contribution in [0, 0.1) is 5.41 Å². The first-order valence-corrected chi connectivity index (χ1v) is 6.87. The molecule has 0 aromatic rings. The van der Waals surface area contributed by atoms with E-state index >= 15 is 0 Å². The zero-order valence-corrected chi connectivity index (χ0v) is 11.9. The van der Waals surface area contributed by atoms with Gasteiger partial charge in [-0.2, -0.15) is 0 Å². The summed E-state index contributed by atoms with van der Waals surface area (Å²) in [6, 6.07) is 0. The molecule has 1 saturated heterocycles. The van der Waals surface area contributed by atoms with Crippen LogP contribution in [0.15, 0.2) is 0 Å². The summed E-state index contributed by atoms with van der Waals surface area (Å²) in [6.07, 6.45) is -0.227. The topological polar surface area (TPSA) is 112 Å². The molecule has 0 atom stereocenters. The molecule has 0 aromatic heterocycles. The first kappa shape index (κ1) is 17.8. The van der Waals surface area contributed by atoms with Crippen LogP contribution in [0.4, 0.5) is 0 Å². The maximum Gasteiger partial charge on any atom is 0.321 e. The standard InChI is InChI=1S/C13H22O8/c14-11(15)13(12(16)17)1-3-18-5-7-20-9-10-21-8-6-19-4-2-13/h1-10H2,(H,14,15)(H,16,17). The highest BCUT2D eigenvalue weighted by Gasteiger charge is 2.45. The van der Waals surface area contributed by atoms with E-state index in [-0.39, 0.29) is 39.3 Å². The zero-order chi connectivity index (χ0) is 15.6. The summed E-state index contributed by atoms with van der Waals surface area (Å²) in [5, 5.41) is 18.5. The monoisotopic (exact) mass is 306 g/mol. The summed E-state index contributed by atoms with van der Waals surface area (Å²) in [5.74, 6) is -2.75. The number of rotatable bonds is 2. The van der Waals surface area contributed by atoms with E-state index in [1.807, 2.05) is 0 Å². The molecule has 0 spiro atoms. The highest BCUT2D eigenvalue weighted by atomic mass is 16.6. The van der Waals surface area contributed by atoms with Gasteiger partial charge in [0.2, 0.25) is 0 Å². The van der Waals surface area contributed by atoms with Crippen LogP contribution < -0.4 is 0 Å². The Labute approximate surface area is 122 Å². The maximum absolute atomic E-state index is 11.4. The molecule has 21 heavy (non-hydrogen) atoms. The van der Waals surface area contributed by atoms with Crippen molar-refractivity contribution >= 4 is 11.9 Å². The van der Waals surface area contributed by atoms with Crippen LogP contribution in [0.2, 0.25) is 0 Å². The van der Waals surface area contributed by atoms with Gasteiger partial charge in [0, 0.05) is 13.2 Å². The van der Waals surface area contributed by atoms with E-state index < -0.39 is 17.4 Å². The van der Waals surface area contributed by atoms with Gasteiger partial charge in [0.05, 0.1) is 39.6 Å². The molecule has 0 aromatic carbocycles. The SMILES string of the molecule is O=C(O)C1(C(=O)O)CCOCCOCCOCCOCC1. The van der Waals surface area contributed by atoms with Crippen LogP contribution in [0.25, 0.3) is 0 Å². The molecular weight excluding hydrogens is 284 g/mol. The molecule has 0 bridgehead atoms. The Bertz CT molecular complexity index is 298. The third-order valence-corrected chi connectivity index (χ3v) is 3.28. The summed E-state index contributed by atoms with van der Waals surface area (Å²) in [7, 11) is 0. The van der Waals surface area contributed by atoms with E-state index in [1.165, 1.54) is 0 Å². The second-order valence-corrected chi connectivity index (χ2v) is 4.64. The summed E-state index contributed by atoms with van der Waals surface area (Å²) < 4.78 is 20.9. The molecule has 1 heterocycles. The highest BCUT2D eigenvalue weighted by Crippen LogP contribution is 2.28. The first-order chi connectivity index (χ1) is 10.1. The fraction of sp³-hybridized carbons (Fsp3) is 0.846. The minimum Gasteiger partial charge on any atom is -0.480 e. The Morgan fingerprint density at radius 3 is 1.19 bits per heavy atom. The largest absolute Gasteiger partial charge is 0.480 e. The van der Waals surface area contributed by atoms with Crippen molar-refractivity contribution in [1.29, 1.82) is 0 Å². The molecule has 2 N–H and O–H groups in total. The molecule has 8 nitrogen and oxygen atoms in total. The first-order valence-electron chi connectivity index (χ1n) is 6.87. The average Bonchev–Trinajstić information content (AvgIpc) is 2.44. The van der Waals surface area contributed by atoms with Gasteiger partial charge in [-0.1, -0.05) is 0 Å². The van der Waals surface area contributed by atoms with E-state index in [4.69, 9.17) is 18.9 Å². The van der Waals surface area contributed by atoms with Gasteiger partial charge < -0.3 is 29.2 Å². The Morgan fingerprint density at radius 2 is 0.905 bits per heavy atom. The van der Waals surface area contributed by atoms with Gasteiger partial charge in [-0.25, -0.2) is 0 Å². The van der Waals surface area contributed by atoms with Gasteiger partial charge in [0.15, 0.2) is 5.41 Å². The lowest BCUT2D eigenvalue weighted by Crippen LogP contribution is -2.41. The van der Waals surface area contributed by atoms with Crippen LogP contribution in [0.5, 0.6) is 0 Å². The Morgan fingerprint density at radius 1 is 0.619 bits per heavy atom. The third kappa shape index (κ3) is 5.96. The number of ether oxygens (including phenoxy) is 4. The van der Waals surface area contributed by atoms with Crippen molar-refractivity contribution in [2.45, 2.75) is 12.8 Å². The van der Waals surface area contributed by atoms with Crippen molar-refractivity contribution in [1.82, 2.24) is 0 Å². The van der Waals surface area contributed by atoms with Crippen molar-refractivity contribution in [3.63, 3.8) is 0 Å². The fourth-order valence-corrected chi connectivity index (χ4v) is 1.90. The lowest BCUT2D eigenvalue weighted by atomic mass is 9.81. The molecule has 122 valence electrons. The van der Waals surface area contributed by atoms with Crippen molar-refractivity contribution in [3.8, 4) is 0 Å². The van der Waals surface area contributed by atoms with Crippen LogP contribution in [-0.2, 0) is 28.5 Å². The molecule has 0 amide bonds. The van der Waals surface area contributed by atoms with Gasteiger partial charge >= 0.3 is 11.9 Å². The molecule has 1 aliphatic rings. The Kier molecular flexibility index (Phi) is 8.21. The van der Waals surface area contributed by atoms with Crippen molar-refractivity contribution in [2.24, 2.45) is 5.41 Å². The normalized spacial score (nSPS) is 22.7. The number of aliphatic carboxylic acids is 2. The van der Waals surface area contributed by atoms with E-state index in [0.717, 1.165) is 0 Å². The van der Waals surface area contributed by atoms with Crippen LogP contribution in [0.3, 0.4) is 0 Å². The summed E-state index contributed by atoms with van der Waals surface area (Å²) in [6.45, 7) is 2.24. The van der Waals surface area contributed by atoms with Crippen LogP contribution in [-0.4, -0.2) is 75.0 Å². The lowest BCUT2D eigenvalue weighted by Gasteiger charge is -2.24. The van der Waals surface area contributed by atoms with Gasteiger partial charge in [-0.15, -0.1) is 0 Å². The summed E-state index contributed by atoms with van der Waals surface area (Å²) in [5.41, 5.74) is -1.89. The van der Waals surface area contributed by atoms with Gasteiger partial charge in [-0.05, 0) is 12.8 Å². The number of carboxylic acid groups (broad SMARTS) is 2. The van der Waals surface area contributed by atoms with E-state index in [0.29, 0.717) is 26.4 Å². The zero-order valence-electron chi connectivity index (χ0n) is 11.9. The molecule has 1 fully saturated rings. The van der Waals surface area contributed by atoms with E-state index in [9.17, 15) is 19.8 Å². The minimum atomic E-state index is -1.89. The number of hydrogen-bond donors (Lipinski definition) is 2. The van der Waals surface area contributed by atoms with Crippen molar-refractivity contribution in [3.05, 3.63) is 0 Å². The van der Waals surface area contributed by atoms with Crippen molar-refractivity contribution in [2.75, 3.05) is 52.9 Å². The molecule has 0 saturated carbocycles. The summed E-state index contributed by atoms with van der Waals surface area (Å²) in [4.78, 5) is 22.7. The van der Waals surface area contributed by atoms with Gasteiger partial charge in [-0.3, -0.25) is 9.59 Å². The quantitative estimate of drug-likeness (QED) is 0.686. The van der Waals surface area contributed by atoms with Gasteiger partial charge in [0.25, 0.3) is 0 Å². The number of carbonyl (C=O) groups is 2. The smallest absolute Gasteiger partial charge is 0.321 e. The Balaban J connectivity index is 2.62. The van der Waals surface area contributed by atoms with E-state index in [1.54, 1.807) is 0 Å². The second kappa shape index (κ2) is 9.67. The molecule has 0 aliphatic carbocycles. The number of carboxylic acids is 2. The molecule has 0 radical (unpaired) electrons. The van der Waals surface area contributed by atoms with Crippen molar-refractivity contribution < 1.29 is 38.7 Å². The highest BCUT2D eigenvalue weighted by molar-refractivity contribution is 5.98. The third-order valence-electron chi connectivity index (χ3n) is 3.28. The predicted octanol–water partition coefficient (Wildman–Crippen LogP) is 0.00220. The molecule has 1 rings (SSSR count). The number of hydrogen-bond acceptors (Lipinski definition) is 6. The molecular formula is C13H22O8. The molecule has 0 unspecified atom stereocenters. The minimum absolute atomic E-state index is 0.0401. The molecule has 8 heteroatoms. The second-order valence-electron chi connectivity index (χ2n) is 4.64. The lowest BCUT2D eigenvalue weighted by molar-refractivity contribution is -0.168. The van der Waals surface area contributed by atoms with E-state index in [2.05, 4.69) is 0 Å². The van der Waals surface area contributed by atoms with Crippen LogP contribution in [0.1, 0.15) is 12.8 Å². The van der Waals surface area contributed by atoms with Gasteiger partial charge in [0.1, 0.15) is 0 Å². The average molecular weight is 306 g/mol. The molecule has 1 aliphatic heterocycles. The van der Waals surface area contributed by atoms with Crippen LogP contribution >= 0.6 is 0 Å². The summed E-state index contributed by atoms with van der Waals surface area (Å²) >= 11 is 0.